The highest BCUT2D eigenvalue weighted by Crippen LogP contribution is 2.26. The van der Waals surface area contributed by atoms with Crippen molar-refractivity contribution in [2.45, 2.75) is 12.8 Å². The number of piperidine rings is 1. The molecule has 1 unspecified atom stereocenters. The van der Waals surface area contributed by atoms with Crippen LogP contribution in [0.15, 0.2) is 42.6 Å². The molecule has 0 radical (unpaired) electrons. The standard InChI is InChI=1S/C19H19N3O2/c1-24-17-6-2-4-15(11-17)19(23)16-5-3-9-22(13-16)18-10-14(12-20)7-8-21-18/h2,4,6-8,10-11,16H,3,5,9,13H2,1H3. The molecule has 24 heavy (non-hydrogen) atoms. The van der Waals surface area contributed by atoms with Gasteiger partial charge in [-0.15, -0.1) is 0 Å². The number of carbonyl (C=O) groups is 1. The van der Waals surface area contributed by atoms with Crippen LogP contribution in [0.3, 0.4) is 0 Å². The zero-order valence-corrected chi connectivity index (χ0v) is 13.6. The Hall–Kier alpha value is -2.87. The maximum absolute atomic E-state index is 12.8. The first-order valence-electron chi connectivity index (χ1n) is 8.00. The molecule has 2 heterocycles. The minimum absolute atomic E-state index is 0.0709. The van der Waals surface area contributed by atoms with Crippen LogP contribution in [0, 0.1) is 17.2 Å². The Morgan fingerprint density at radius 3 is 3.04 bits per heavy atom. The van der Waals surface area contributed by atoms with E-state index in [0.29, 0.717) is 23.4 Å². The van der Waals surface area contributed by atoms with E-state index >= 15 is 0 Å². The molecule has 1 atom stereocenters. The van der Waals surface area contributed by atoms with Crippen LogP contribution < -0.4 is 9.64 Å². The van der Waals surface area contributed by atoms with E-state index < -0.39 is 0 Å². The summed E-state index contributed by atoms with van der Waals surface area (Å²) in [6.45, 7) is 1.47. The number of hydrogen-bond donors (Lipinski definition) is 0. The highest BCUT2D eigenvalue weighted by atomic mass is 16.5. The van der Waals surface area contributed by atoms with Crippen LogP contribution in [0.5, 0.6) is 5.75 Å². The largest absolute Gasteiger partial charge is 0.497 e. The summed E-state index contributed by atoms with van der Waals surface area (Å²) in [5.74, 6) is 1.52. The van der Waals surface area contributed by atoms with E-state index in [2.05, 4.69) is 16.0 Å². The van der Waals surface area contributed by atoms with Gasteiger partial charge < -0.3 is 9.64 Å². The van der Waals surface area contributed by atoms with Crippen LogP contribution in [-0.2, 0) is 0 Å². The Labute approximate surface area is 141 Å². The summed E-state index contributed by atoms with van der Waals surface area (Å²) in [5, 5.41) is 9.04. The fourth-order valence-electron chi connectivity index (χ4n) is 3.07. The molecule has 1 fully saturated rings. The summed E-state index contributed by atoms with van der Waals surface area (Å²) in [6.07, 6.45) is 3.44. The first kappa shape index (κ1) is 16.0. The van der Waals surface area contributed by atoms with Crippen molar-refractivity contribution in [1.29, 1.82) is 5.26 Å². The molecule has 0 saturated carbocycles. The van der Waals surface area contributed by atoms with Gasteiger partial charge in [0.05, 0.1) is 18.7 Å². The Morgan fingerprint density at radius 1 is 1.38 bits per heavy atom. The highest BCUT2D eigenvalue weighted by molar-refractivity contribution is 5.98. The number of nitrogens with zero attached hydrogens (tertiary/aromatic N) is 3. The number of nitriles is 1. The van der Waals surface area contributed by atoms with Crippen molar-refractivity contribution in [3.63, 3.8) is 0 Å². The summed E-state index contributed by atoms with van der Waals surface area (Å²) in [5.41, 5.74) is 1.26. The van der Waals surface area contributed by atoms with Gasteiger partial charge in [-0.25, -0.2) is 4.98 Å². The molecule has 0 amide bonds. The summed E-state index contributed by atoms with van der Waals surface area (Å²) in [7, 11) is 1.60. The molecule has 122 valence electrons. The van der Waals surface area contributed by atoms with Crippen LogP contribution in [0.25, 0.3) is 0 Å². The van der Waals surface area contributed by atoms with E-state index in [0.717, 1.165) is 25.2 Å². The van der Waals surface area contributed by atoms with Crippen molar-refractivity contribution >= 4 is 11.6 Å². The van der Waals surface area contributed by atoms with Crippen molar-refractivity contribution in [2.75, 3.05) is 25.1 Å². The number of hydrogen-bond acceptors (Lipinski definition) is 5. The van der Waals surface area contributed by atoms with Crippen LogP contribution in [0.4, 0.5) is 5.82 Å². The summed E-state index contributed by atoms with van der Waals surface area (Å²) < 4.78 is 5.21. The van der Waals surface area contributed by atoms with Gasteiger partial charge in [0.2, 0.25) is 0 Å². The van der Waals surface area contributed by atoms with E-state index in [1.165, 1.54) is 0 Å². The van der Waals surface area contributed by atoms with E-state index in [-0.39, 0.29) is 11.7 Å². The van der Waals surface area contributed by atoms with Crippen LogP contribution >= 0.6 is 0 Å². The Balaban J connectivity index is 1.77. The number of methoxy groups -OCH3 is 1. The molecule has 0 aliphatic carbocycles. The zero-order chi connectivity index (χ0) is 16.9. The molecule has 5 heteroatoms. The van der Waals surface area contributed by atoms with Gasteiger partial charge in [-0.2, -0.15) is 5.26 Å². The zero-order valence-electron chi connectivity index (χ0n) is 13.6. The smallest absolute Gasteiger partial charge is 0.167 e. The molecule has 0 N–H and O–H groups in total. The summed E-state index contributed by atoms with van der Waals surface area (Å²) in [6, 6.07) is 12.9. The number of ether oxygens (including phenoxy) is 1. The van der Waals surface area contributed by atoms with Gasteiger partial charge in [0.1, 0.15) is 11.6 Å². The molecular formula is C19H19N3O2. The topological polar surface area (TPSA) is 66.2 Å². The van der Waals surface area contributed by atoms with Crippen LogP contribution in [0.1, 0.15) is 28.8 Å². The minimum Gasteiger partial charge on any atom is -0.497 e. The fraction of sp³-hybridized carbons (Fsp3) is 0.316. The Bertz CT molecular complexity index is 782. The van der Waals surface area contributed by atoms with Crippen molar-refractivity contribution in [2.24, 2.45) is 5.92 Å². The molecule has 1 saturated heterocycles. The van der Waals surface area contributed by atoms with Crippen LogP contribution in [-0.4, -0.2) is 31.0 Å². The van der Waals surface area contributed by atoms with Gasteiger partial charge in [-0.1, -0.05) is 12.1 Å². The van der Waals surface area contributed by atoms with Gasteiger partial charge in [0.25, 0.3) is 0 Å². The lowest BCUT2D eigenvalue weighted by molar-refractivity contribution is 0.0906. The molecule has 1 aliphatic heterocycles. The lowest BCUT2D eigenvalue weighted by Crippen LogP contribution is -2.39. The third-order valence-electron chi connectivity index (χ3n) is 4.35. The van der Waals surface area contributed by atoms with Gasteiger partial charge in [-0.3, -0.25) is 4.79 Å². The van der Waals surface area contributed by atoms with E-state index in [4.69, 9.17) is 10.00 Å². The average Bonchev–Trinajstić information content (AvgIpc) is 2.67. The third-order valence-corrected chi connectivity index (χ3v) is 4.35. The number of aromatic nitrogens is 1. The van der Waals surface area contributed by atoms with Gasteiger partial charge in [0.15, 0.2) is 5.78 Å². The first-order valence-corrected chi connectivity index (χ1v) is 8.00. The molecule has 3 rings (SSSR count). The summed E-state index contributed by atoms with van der Waals surface area (Å²) >= 11 is 0. The number of ketones is 1. The SMILES string of the molecule is COc1cccc(C(=O)C2CCCN(c3cc(C#N)ccn3)C2)c1. The molecule has 1 aromatic carbocycles. The maximum atomic E-state index is 12.8. The number of carbonyl (C=O) groups excluding carboxylic acids is 1. The quantitative estimate of drug-likeness (QED) is 0.810. The second kappa shape index (κ2) is 7.14. The van der Waals surface area contributed by atoms with Gasteiger partial charge in [0, 0.05) is 30.8 Å². The van der Waals surface area contributed by atoms with E-state index in [1.54, 1.807) is 31.5 Å². The van der Waals surface area contributed by atoms with Crippen molar-refractivity contribution in [3.05, 3.63) is 53.7 Å². The van der Waals surface area contributed by atoms with E-state index in [9.17, 15) is 4.79 Å². The fourth-order valence-corrected chi connectivity index (χ4v) is 3.07. The third kappa shape index (κ3) is 3.38. The molecule has 2 aromatic rings. The van der Waals surface area contributed by atoms with Gasteiger partial charge >= 0.3 is 0 Å². The maximum Gasteiger partial charge on any atom is 0.167 e. The normalized spacial score (nSPS) is 17.2. The lowest BCUT2D eigenvalue weighted by atomic mass is 9.90. The predicted molar refractivity (Wildman–Crippen MR) is 91.2 cm³/mol. The lowest BCUT2D eigenvalue weighted by Gasteiger charge is -2.33. The minimum atomic E-state index is -0.0709. The monoisotopic (exact) mass is 321 g/mol. The molecule has 5 nitrogen and oxygen atoms in total. The van der Waals surface area contributed by atoms with Crippen molar-refractivity contribution in [3.8, 4) is 11.8 Å². The number of rotatable bonds is 4. The molecule has 0 bridgehead atoms. The number of anilines is 1. The first-order chi connectivity index (χ1) is 11.7. The molecule has 1 aliphatic rings. The summed E-state index contributed by atoms with van der Waals surface area (Å²) in [4.78, 5) is 19.3. The number of benzene rings is 1. The highest BCUT2D eigenvalue weighted by Gasteiger charge is 2.27. The number of Topliss-reactive ketones (excluding diaryl/α,β-unsaturated/α-hetero) is 1. The molecule has 1 aromatic heterocycles. The molecular weight excluding hydrogens is 302 g/mol. The number of pyridine rings is 1. The average molecular weight is 321 g/mol. The van der Waals surface area contributed by atoms with Crippen LogP contribution in [0.2, 0.25) is 0 Å². The van der Waals surface area contributed by atoms with Gasteiger partial charge in [-0.05, 0) is 37.1 Å². The second-order valence-corrected chi connectivity index (χ2v) is 5.90. The van der Waals surface area contributed by atoms with Crippen molar-refractivity contribution in [1.82, 2.24) is 4.98 Å². The van der Waals surface area contributed by atoms with E-state index in [1.807, 2.05) is 18.2 Å². The van der Waals surface area contributed by atoms with Crippen molar-refractivity contribution < 1.29 is 9.53 Å². The Kier molecular flexibility index (Phi) is 4.76. The second-order valence-electron chi connectivity index (χ2n) is 5.90. The predicted octanol–water partition coefficient (Wildman–Crippen LogP) is 3.06. The molecule has 0 spiro atoms. The Morgan fingerprint density at radius 2 is 2.25 bits per heavy atom.